The molecule has 0 aromatic carbocycles. The van der Waals surface area contributed by atoms with E-state index >= 15 is 0 Å². The maximum Gasteiger partial charge on any atom is 0.407 e. The summed E-state index contributed by atoms with van der Waals surface area (Å²) in [6.07, 6.45) is 3.36. The number of ether oxygens (including phenoxy) is 1. The second-order valence-electron chi connectivity index (χ2n) is 5.75. The van der Waals surface area contributed by atoms with Crippen molar-refractivity contribution >= 4 is 11.8 Å². The average Bonchev–Trinajstić information content (AvgIpc) is 2.21. The van der Waals surface area contributed by atoms with Crippen LogP contribution in [0.3, 0.4) is 0 Å². The van der Waals surface area contributed by atoms with Crippen LogP contribution in [0.4, 0.5) is 4.79 Å². The zero-order chi connectivity index (χ0) is 14.2. The van der Waals surface area contributed by atoms with Crippen molar-refractivity contribution in [3.63, 3.8) is 0 Å². The van der Waals surface area contributed by atoms with Gasteiger partial charge < -0.3 is 15.5 Å². The van der Waals surface area contributed by atoms with Crippen molar-refractivity contribution in [3.8, 4) is 0 Å². The van der Waals surface area contributed by atoms with Crippen LogP contribution < -0.4 is 5.32 Å². The molecular weight excluding hydrogens is 228 g/mol. The van der Waals surface area contributed by atoms with Gasteiger partial charge in [0.2, 0.25) is 0 Å². The maximum absolute atomic E-state index is 11.4. The fourth-order valence-electron chi connectivity index (χ4n) is 1.60. The first kappa shape index (κ1) is 16.9. The standard InChI is InChI=1S/C14H28N2O2/c1-6-8-12(15)11(2)9-7-10-16-13(17)18-14(3,4)5/h11,15H,6-10H2,1-5H3,(H,16,17). The third-order valence-corrected chi connectivity index (χ3v) is 2.60. The molecule has 0 rings (SSSR count). The van der Waals surface area contributed by atoms with Crippen molar-refractivity contribution in [2.75, 3.05) is 6.54 Å². The van der Waals surface area contributed by atoms with Crippen LogP contribution in [0, 0.1) is 11.3 Å². The molecule has 0 aliphatic heterocycles. The Bertz CT molecular complexity index is 269. The van der Waals surface area contributed by atoms with Crippen molar-refractivity contribution in [2.45, 2.75) is 65.9 Å². The summed E-state index contributed by atoms with van der Waals surface area (Å²) >= 11 is 0. The topological polar surface area (TPSA) is 62.2 Å². The van der Waals surface area contributed by atoms with E-state index in [4.69, 9.17) is 10.1 Å². The van der Waals surface area contributed by atoms with Gasteiger partial charge in [-0.15, -0.1) is 0 Å². The van der Waals surface area contributed by atoms with E-state index in [1.165, 1.54) is 0 Å². The quantitative estimate of drug-likeness (QED) is 0.538. The first-order valence-electron chi connectivity index (χ1n) is 6.80. The van der Waals surface area contributed by atoms with Crippen molar-refractivity contribution in [3.05, 3.63) is 0 Å². The Kier molecular flexibility index (Phi) is 7.64. The number of rotatable bonds is 7. The summed E-state index contributed by atoms with van der Waals surface area (Å²) in [6, 6.07) is 0. The molecule has 0 aromatic heterocycles. The Morgan fingerprint density at radius 1 is 1.39 bits per heavy atom. The molecule has 18 heavy (non-hydrogen) atoms. The molecule has 1 unspecified atom stereocenters. The summed E-state index contributed by atoms with van der Waals surface area (Å²) in [4.78, 5) is 11.4. The first-order valence-corrected chi connectivity index (χ1v) is 6.80. The summed E-state index contributed by atoms with van der Waals surface area (Å²) in [5.74, 6) is 0.311. The molecule has 0 aliphatic rings. The highest BCUT2D eigenvalue weighted by Crippen LogP contribution is 2.10. The van der Waals surface area contributed by atoms with Crippen LogP contribution in [0.2, 0.25) is 0 Å². The molecule has 106 valence electrons. The summed E-state index contributed by atoms with van der Waals surface area (Å²) < 4.78 is 5.14. The molecule has 1 amide bonds. The van der Waals surface area contributed by atoms with Gasteiger partial charge in [-0.3, -0.25) is 0 Å². The first-order chi connectivity index (χ1) is 8.26. The Morgan fingerprint density at radius 2 is 2.00 bits per heavy atom. The van der Waals surface area contributed by atoms with E-state index in [-0.39, 0.29) is 6.09 Å². The van der Waals surface area contributed by atoms with Gasteiger partial charge in [0.1, 0.15) is 5.60 Å². The van der Waals surface area contributed by atoms with E-state index in [1.807, 2.05) is 20.8 Å². The van der Waals surface area contributed by atoms with E-state index in [0.717, 1.165) is 31.4 Å². The van der Waals surface area contributed by atoms with Gasteiger partial charge >= 0.3 is 6.09 Å². The van der Waals surface area contributed by atoms with Crippen LogP contribution in [0.1, 0.15) is 60.3 Å². The van der Waals surface area contributed by atoms with Crippen molar-refractivity contribution < 1.29 is 9.53 Å². The van der Waals surface area contributed by atoms with Crippen LogP contribution in [0.15, 0.2) is 0 Å². The van der Waals surface area contributed by atoms with Gasteiger partial charge in [0.25, 0.3) is 0 Å². The number of carbonyl (C=O) groups is 1. The summed E-state index contributed by atoms with van der Waals surface area (Å²) in [7, 11) is 0. The van der Waals surface area contributed by atoms with Gasteiger partial charge in [0.05, 0.1) is 0 Å². The largest absolute Gasteiger partial charge is 0.444 e. The molecule has 0 saturated carbocycles. The lowest BCUT2D eigenvalue weighted by atomic mass is 9.97. The van der Waals surface area contributed by atoms with Crippen LogP contribution in [-0.4, -0.2) is 24.0 Å². The van der Waals surface area contributed by atoms with Crippen molar-refractivity contribution in [2.24, 2.45) is 5.92 Å². The molecule has 4 heteroatoms. The van der Waals surface area contributed by atoms with Crippen LogP contribution in [-0.2, 0) is 4.74 Å². The number of amides is 1. The minimum Gasteiger partial charge on any atom is -0.444 e. The lowest BCUT2D eigenvalue weighted by Gasteiger charge is -2.20. The normalized spacial score (nSPS) is 12.9. The zero-order valence-corrected chi connectivity index (χ0v) is 12.4. The number of nitrogens with one attached hydrogen (secondary N) is 2. The molecule has 2 N–H and O–H groups in total. The minimum atomic E-state index is -0.444. The maximum atomic E-state index is 11.4. The summed E-state index contributed by atoms with van der Waals surface area (Å²) in [5.41, 5.74) is 0.371. The molecule has 0 spiro atoms. The number of hydrogen-bond acceptors (Lipinski definition) is 3. The van der Waals surface area contributed by atoms with E-state index in [1.54, 1.807) is 0 Å². The molecule has 0 aromatic rings. The molecule has 0 bridgehead atoms. The Balaban J connectivity index is 3.67. The zero-order valence-electron chi connectivity index (χ0n) is 12.4. The van der Waals surface area contributed by atoms with Gasteiger partial charge in [-0.2, -0.15) is 0 Å². The average molecular weight is 256 g/mol. The minimum absolute atomic E-state index is 0.311. The molecule has 1 atom stereocenters. The molecule has 0 radical (unpaired) electrons. The third kappa shape index (κ3) is 9.02. The van der Waals surface area contributed by atoms with Crippen molar-refractivity contribution in [1.82, 2.24) is 5.32 Å². The number of alkyl carbamates (subject to hydrolysis) is 1. The Morgan fingerprint density at radius 3 is 2.50 bits per heavy atom. The highest BCUT2D eigenvalue weighted by Gasteiger charge is 2.15. The molecule has 0 fully saturated rings. The van der Waals surface area contributed by atoms with E-state index in [2.05, 4.69) is 19.2 Å². The second-order valence-corrected chi connectivity index (χ2v) is 5.75. The van der Waals surface area contributed by atoms with Gasteiger partial charge in [0, 0.05) is 12.3 Å². The highest BCUT2D eigenvalue weighted by molar-refractivity contribution is 5.83. The predicted molar refractivity (Wildman–Crippen MR) is 75.3 cm³/mol. The van der Waals surface area contributed by atoms with E-state index in [0.29, 0.717) is 12.5 Å². The van der Waals surface area contributed by atoms with E-state index < -0.39 is 5.60 Å². The smallest absolute Gasteiger partial charge is 0.407 e. The molecular formula is C14H28N2O2. The molecule has 0 aliphatic carbocycles. The fourth-order valence-corrected chi connectivity index (χ4v) is 1.60. The monoisotopic (exact) mass is 256 g/mol. The van der Waals surface area contributed by atoms with Crippen LogP contribution >= 0.6 is 0 Å². The number of carbonyl (C=O) groups excluding carboxylic acids is 1. The highest BCUT2D eigenvalue weighted by atomic mass is 16.6. The second kappa shape index (κ2) is 8.11. The summed E-state index contributed by atoms with van der Waals surface area (Å²) in [5, 5.41) is 10.6. The third-order valence-electron chi connectivity index (χ3n) is 2.60. The summed E-state index contributed by atoms with van der Waals surface area (Å²) in [6.45, 7) is 10.3. The van der Waals surface area contributed by atoms with Gasteiger partial charge in [-0.05, 0) is 46.0 Å². The van der Waals surface area contributed by atoms with Gasteiger partial charge in [-0.1, -0.05) is 20.3 Å². The van der Waals surface area contributed by atoms with E-state index in [9.17, 15) is 4.79 Å². The number of hydrogen-bond donors (Lipinski definition) is 2. The predicted octanol–water partition coefficient (Wildman–Crippen LogP) is 3.75. The Hall–Kier alpha value is -1.06. The molecule has 0 heterocycles. The van der Waals surface area contributed by atoms with Crippen molar-refractivity contribution in [1.29, 1.82) is 5.41 Å². The molecule has 4 nitrogen and oxygen atoms in total. The lowest BCUT2D eigenvalue weighted by Crippen LogP contribution is -2.33. The SMILES string of the molecule is CCCC(=N)C(C)CCCNC(=O)OC(C)(C)C. The van der Waals surface area contributed by atoms with Gasteiger partial charge in [0.15, 0.2) is 0 Å². The van der Waals surface area contributed by atoms with Crippen LogP contribution in [0.5, 0.6) is 0 Å². The lowest BCUT2D eigenvalue weighted by molar-refractivity contribution is 0.0527. The van der Waals surface area contributed by atoms with Crippen LogP contribution in [0.25, 0.3) is 0 Å². The van der Waals surface area contributed by atoms with Gasteiger partial charge in [-0.25, -0.2) is 4.79 Å². The molecule has 0 saturated heterocycles. The fraction of sp³-hybridized carbons (Fsp3) is 0.857. The Labute approximate surface area is 111 Å².